The maximum Gasteiger partial charge on any atom is 0.336 e. The van der Waals surface area contributed by atoms with Crippen LogP contribution in [0.2, 0.25) is 5.02 Å². The Hall–Kier alpha value is -1.59. The molecule has 108 valence electrons. The highest BCUT2D eigenvalue weighted by Crippen LogP contribution is 2.48. The number of rotatable bonds is 5. The van der Waals surface area contributed by atoms with Crippen LogP contribution in [0.3, 0.4) is 0 Å². The highest BCUT2D eigenvalue weighted by Gasteiger charge is 2.51. The smallest absolute Gasteiger partial charge is 0.336 e. The van der Waals surface area contributed by atoms with Crippen molar-refractivity contribution in [1.29, 1.82) is 0 Å². The number of halogens is 1. The molecule has 0 aliphatic heterocycles. The fourth-order valence-electron chi connectivity index (χ4n) is 2.12. The summed E-state index contributed by atoms with van der Waals surface area (Å²) in [6, 6.07) is 7.14. The molecular formula is C14H16ClNO4. The van der Waals surface area contributed by atoms with E-state index in [1.165, 1.54) is 7.11 Å². The summed E-state index contributed by atoms with van der Waals surface area (Å²) >= 11 is 5.83. The fourth-order valence-corrected chi connectivity index (χ4v) is 2.24. The second-order valence-electron chi connectivity index (χ2n) is 4.84. The summed E-state index contributed by atoms with van der Waals surface area (Å²) in [5.41, 5.74) is 0.340. The van der Waals surface area contributed by atoms with Crippen molar-refractivity contribution in [3.8, 4) is 0 Å². The number of amides is 1. The molecule has 1 aromatic carbocycles. The van der Waals surface area contributed by atoms with Crippen LogP contribution in [0.5, 0.6) is 0 Å². The number of aliphatic hydroxyl groups excluding tert-OH is 1. The molecule has 0 radical (unpaired) electrons. The molecule has 0 bridgehead atoms. The largest absolute Gasteiger partial charge is 0.467 e. The van der Waals surface area contributed by atoms with Gasteiger partial charge in [-0.3, -0.25) is 4.79 Å². The van der Waals surface area contributed by atoms with E-state index in [9.17, 15) is 14.7 Å². The third-order valence-corrected chi connectivity index (χ3v) is 3.76. The van der Waals surface area contributed by atoms with Gasteiger partial charge in [0, 0.05) is 5.02 Å². The van der Waals surface area contributed by atoms with Gasteiger partial charge in [-0.1, -0.05) is 23.7 Å². The number of methoxy groups -OCH3 is 1. The van der Waals surface area contributed by atoms with Gasteiger partial charge in [-0.25, -0.2) is 4.79 Å². The summed E-state index contributed by atoms with van der Waals surface area (Å²) < 4.78 is 4.39. The first-order chi connectivity index (χ1) is 9.49. The molecule has 6 heteroatoms. The van der Waals surface area contributed by atoms with Gasteiger partial charge >= 0.3 is 5.97 Å². The van der Waals surface area contributed by atoms with E-state index in [0.717, 1.165) is 18.4 Å². The number of aliphatic hydroxyl groups is 1. The van der Waals surface area contributed by atoms with Gasteiger partial charge in [0.1, 0.15) is 0 Å². The Bertz CT molecular complexity index is 510. The molecule has 1 saturated carbocycles. The van der Waals surface area contributed by atoms with Gasteiger partial charge in [-0.05, 0) is 30.5 Å². The number of hydrogen-bond acceptors (Lipinski definition) is 4. The topological polar surface area (TPSA) is 75.6 Å². The second kappa shape index (κ2) is 5.81. The Labute approximate surface area is 121 Å². The number of esters is 1. The van der Waals surface area contributed by atoms with Gasteiger partial charge in [-0.2, -0.15) is 0 Å². The summed E-state index contributed by atoms with van der Waals surface area (Å²) in [5, 5.41) is 12.7. The van der Waals surface area contributed by atoms with Crippen molar-refractivity contribution < 1.29 is 19.4 Å². The van der Waals surface area contributed by atoms with Crippen LogP contribution in [-0.2, 0) is 19.7 Å². The van der Waals surface area contributed by atoms with E-state index in [1.807, 2.05) is 12.1 Å². The average molecular weight is 298 g/mol. The molecule has 1 aliphatic rings. The molecule has 0 saturated heterocycles. The quantitative estimate of drug-likeness (QED) is 0.796. The average Bonchev–Trinajstić information content (AvgIpc) is 3.25. The van der Waals surface area contributed by atoms with E-state index < -0.39 is 17.5 Å². The van der Waals surface area contributed by atoms with Gasteiger partial charge in [0.2, 0.25) is 5.91 Å². The Morgan fingerprint density at radius 1 is 1.40 bits per heavy atom. The normalized spacial score (nSPS) is 17.1. The molecule has 0 aromatic heterocycles. The lowest BCUT2D eigenvalue weighted by atomic mass is 9.95. The zero-order valence-electron chi connectivity index (χ0n) is 11.1. The first-order valence-corrected chi connectivity index (χ1v) is 6.67. The van der Waals surface area contributed by atoms with Gasteiger partial charge in [0.25, 0.3) is 0 Å². The molecule has 2 N–H and O–H groups in total. The number of benzene rings is 1. The first kappa shape index (κ1) is 14.8. The molecule has 20 heavy (non-hydrogen) atoms. The number of carbonyl (C=O) groups excluding carboxylic acids is 2. The summed E-state index contributed by atoms with van der Waals surface area (Å²) in [4.78, 5) is 23.3. The highest BCUT2D eigenvalue weighted by atomic mass is 35.5. The van der Waals surface area contributed by atoms with Gasteiger partial charge < -0.3 is 15.2 Å². The summed E-state index contributed by atoms with van der Waals surface area (Å²) in [6.07, 6.45) is 0.147. The molecule has 0 heterocycles. The van der Waals surface area contributed by atoms with Crippen molar-refractivity contribution in [2.45, 2.75) is 24.4 Å². The van der Waals surface area contributed by atoms with Crippen LogP contribution >= 0.6 is 11.6 Å². The van der Waals surface area contributed by atoms with Crippen LogP contribution < -0.4 is 5.32 Å². The van der Waals surface area contributed by atoms with Crippen LogP contribution in [0.15, 0.2) is 24.3 Å². The van der Waals surface area contributed by atoms with Crippen molar-refractivity contribution in [3.63, 3.8) is 0 Å². The summed E-state index contributed by atoms with van der Waals surface area (Å²) in [7, 11) is 1.18. The first-order valence-electron chi connectivity index (χ1n) is 6.30. The Morgan fingerprint density at radius 3 is 2.50 bits per heavy atom. The molecule has 5 nitrogen and oxygen atoms in total. The molecule has 0 spiro atoms. The maximum atomic E-state index is 12.2. The van der Waals surface area contributed by atoms with E-state index in [2.05, 4.69) is 10.1 Å². The minimum atomic E-state index is -1.34. The number of nitrogens with one attached hydrogen (secondary N) is 1. The van der Waals surface area contributed by atoms with Gasteiger partial charge in [-0.15, -0.1) is 0 Å². The van der Waals surface area contributed by atoms with Crippen LogP contribution in [0.1, 0.15) is 18.4 Å². The third-order valence-electron chi connectivity index (χ3n) is 3.51. The van der Waals surface area contributed by atoms with Crippen molar-refractivity contribution in [2.75, 3.05) is 13.7 Å². The standard InChI is InChI=1S/C14H16ClNO4/c1-20-12(18)11(17)8-16-13(19)14(6-7-14)9-2-4-10(15)5-3-9/h2-5,11,17H,6-8H2,1H3,(H,16,19). The lowest BCUT2D eigenvalue weighted by Crippen LogP contribution is -2.42. The lowest BCUT2D eigenvalue weighted by Gasteiger charge is -2.17. The van der Waals surface area contributed by atoms with Crippen molar-refractivity contribution in [2.24, 2.45) is 0 Å². The minimum Gasteiger partial charge on any atom is -0.467 e. The van der Waals surface area contributed by atoms with Crippen molar-refractivity contribution in [3.05, 3.63) is 34.9 Å². The number of hydrogen-bond donors (Lipinski definition) is 2. The maximum absolute atomic E-state index is 12.2. The van der Waals surface area contributed by atoms with E-state index in [0.29, 0.717) is 5.02 Å². The van der Waals surface area contributed by atoms with E-state index in [-0.39, 0.29) is 12.5 Å². The monoisotopic (exact) mass is 297 g/mol. The number of carbonyl (C=O) groups is 2. The fraction of sp³-hybridized carbons (Fsp3) is 0.429. The second-order valence-corrected chi connectivity index (χ2v) is 5.27. The molecule has 1 unspecified atom stereocenters. The molecule has 1 fully saturated rings. The van der Waals surface area contributed by atoms with Crippen molar-refractivity contribution in [1.82, 2.24) is 5.32 Å². The Balaban J connectivity index is 1.98. The Kier molecular flexibility index (Phi) is 4.30. The van der Waals surface area contributed by atoms with E-state index in [4.69, 9.17) is 11.6 Å². The molecule has 1 amide bonds. The zero-order chi connectivity index (χ0) is 14.8. The van der Waals surface area contributed by atoms with Gasteiger partial charge in [0.15, 0.2) is 6.10 Å². The molecule has 1 aliphatic carbocycles. The predicted molar refractivity (Wildman–Crippen MR) is 73.4 cm³/mol. The SMILES string of the molecule is COC(=O)C(O)CNC(=O)C1(c2ccc(Cl)cc2)CC1. The van der Waals surface area contributed by atoms with E-state index in [1.54, 1.807) is 12.1 Å². The lowest BCUT2D eigenvalue weighted by molar-refractivity contribution is -0.150. The Morgan fingerprint density at radius 2 is 2.00 bits per heavy atom. The van der Waals surface area contributed by atoms with Crippen LogP contribution in [0, 0.1) is 0 Å². The van der Waals surface area contributed by atoms with E-state index >= 15 is 0 Å². The minimum absolute atomic E-state index is 0.152. The highest BCUT2D eigenvalue weighted by molar-refractivity contribution is 6.30. The predicted octanol–water partition coefficient (Wildman–Crippen LogP) is 1.02. The zero-order valence-corrected chi connectivity index (χ0v) is 11.8. The molecule has 1 atom stereocenters. The third kappa shape index (κ3) is 2.94. The molecular weight excluding hydrogens is 282 g/mol. The summed E-state index contributed by atoms with van der Waals surface area (Å²) in [6.45, 7) is -0.152. The van der Waals surface area contributed by atoms with Gasteiger partial charge in [0.05, 0.1) is 19.1 Å². The van der Waals surface area contributed by atoms with Crippen LogP contribution in [0.4, 0.5) is 0 Å². The molecule has 1 aromatic rings. The van der Waals surface area contributed by atoms with Crippen LogP contribution in [0.25, 0.3) is 0 Å². The summed E-state index contributed by atoms with van der Waals surface area (Å²) in [5.74, 6) is -0.954. The van der Waals surface area contributed by atoms with Crippen LogP contribution in [-0.4, -0.2) is 36.7 Å². The number of ether oxygens (including phenoxy) is 1. The molecule has 2 rings (SSSR count). The van der Waals surface area contributed by atoms with Crippen molar-refractivity contribution >= 4 is 23.5 Å².